The first-order valence-corrected chi connectivity index (χ1v) is 9.38. The topological polar surface area (TPSA) is 90.5 Å². The van der Waals surface area contributed by atoms with E-state index in [0.717, 1.165) is 0 Å². The van der Waals surface area contributed by atoms with E-state index in [2.05, 4.69) is 5.10 Å². The molecule has 0 aliphatic carbocycles. The van der Waals surface area contributed by atoms with Gasteiger partial charge in [-0.25, -0.2) is 4.68 Å². The van der Waals surface area contributed by atoms with Crippen molar-refractivity contribution in [1.82, 2.24) is 14.7 Å². The molecule has 0 saturated carbocycles. The zero-order valence-corrected chi connectivity index (χ0v) is 16.1. The quantitative estimate of drug-likeness (QED) is 0.482. The van der Waals surface area contributed by atoms with Crippen LogP contribution in [0.2, 0.25) is 5.02 Å². The van der Waals surface area contributed by atoms with E-state index in [1.165, 1.54) is 12.1 Å². The second-order valence-corrected chi connectivity index (χ2v) is 6.95. The molecule has 0 N–H and O–H groups in total. The fourth-order valence-corrected chi connectivity index (χ4v) is 3.39. The minimum atomic E-state index is -0.455. The van der Waals surface area contributed by atoms with Crippen LogP contribution in [0.3, 0.4) is 0 Å². The van der Waals surface area contributed by atoms with E-state index in [4.69, 9.17) is 16.3 Å². The second-order valence-electron chi connectivity index (χ2n) is 6.52. The predicted octanol–water partition coefficient (Wildman–Crippen LogP) is 3.57. The Balaban J connectivity index is 1.82. The van der Waals surface area contributed by atoms with Gasteiger partial charge in [-0.3, -0.25) is 14.9 Å². The van der Waals surface area contributed by atoms with Crippen LogP contribution in [0.15, 0.2) is 54.6 Å². The molecule has 1 aromatic heterocycles. The molecular formula is C20H17ClN4O4. The highest BCUT2D eigenvalue weighted by molar-refractivity contribution is 6.30. The van der Waals surface area contributed by atoms with E-state index in [9.17, 15) is 14.9 Å². The lowest BCUT2D eigenvalue weighted by atomic mass is 10.1. The lowest BCUT2D eigenvalue weighted by Crippen LogP contribution is -2.40. The summed E-state index contributed by atoms with van der Waals surface area (Å²) in [5.41, 5.74) is 2.01. The second kappa shape index (κ2) is 8.02. The number of nitrogens with zero attached hydrogens (tertiary/aromatic N) is 4. The molecule has 1 fully saturated rings. The first-order chi connectivity index (χ1) is 14.0. The summed E-state index contributed by atoms with van der Waals surface area (Å²) in [6.07, 6.45) is 0. The number of carbonyl (C=O) groups excluding carboxylic acids is 1. The summed E-state index contributed by atoms with van der Waals surface area (Å²) in [6.45, 7) is 1.96. The van der Waals surface area contributed by atoms with Crippen molar-refractivity contribution in [1.29, 1.82) is 0 Å². The van der Waals surface area contributed by atoms with E-state index >= 15 is 0 Å². The number of amides is 1. The van der Waals surface area contributed by atoms with E-state index in [1.54, 1.807) is 46.0 Å². The van der Waals surface area contributed by atoms with Gasteiger partial charge in [0.25, 0.3) is 11.6 Å². The molecule has 3 aromatic rings. The number of non-ortho nitro benzene ring substituents is 1. The third-order valence-electron chi connectivity index (χ3n) is 4.63. The van der Waals surface area contributed by atoms with E-state index in [1.807, 2.05) is 6.07 Å². The van der Waals surface area contributed by atoms with E-state index < -0.39 is 4.92 Å². The Morgan fingerprint density at radius 1 is 1.10 bits per heavy atom. The normalized spacial score (nSPS) is 14.0. The van der Waals surface area contributed by atoms with Gasteiger partial charge >= 0.3 is 0 Å². The zero-order valence-electron chi connectivity index (χ0n) is 15.3. The number of hydrogen-bond acceptors (Lipinski definition) is 5. The third kappa shape index (κ3) is 3.98. The number of morpholine rings is 1. The molecule has 2 aromatic carbocycles. The van der Waals surface area contributed by atoms with Gasteiger partial charge in [0.15, 0.2) is 5.69 Å². The van der Waals surface area contributed by atoms with Crippen LogP contribution in [0.25, 0.3) is 16.9 Å². The molecule has 148 valence electrons. The van der Waals surface area contributed by atoms with Crippen LogP contribution in [0.5, 0.6) is 0 Å². The van der Waals surface area contributed by atoms with Gasteiger partial charge in [-0.15, -0.1) is 0 Å². The van der Waals surface area contributed by atoms with Gasteiger partial charge in [-0.1, -0.05) is 29.8 Å². The number of ether oxygens (including phenoxy) is 1. The van der Waals surface area contributed by atoms with Gasteiger partial charge in [-0.2, -0.15) is 5.10 Å². The maximum absolute atomic E-state index is 12.9. The van der Waals surface area contributed by atoms with Gasteiger partial charge < -0.3 is 9.64 Å². The number of aromatic nitrogens is 2. The third-order valence-corrected chi connectivity index (χ3v) is 4.87. The predicted molar refractivity (Wildman–Crippen MR) is 107 cm³/mol. The largest absolute Gasteiger partial charge is 0.378 e. The van der Waals surface area contributed by atoms with Crippen LogP contribution < -0.4 is 0 Å². The van der Waals surface area contributed by atoms with Crippen LogP contribution in [0, 0.1) is 10.1 Å². The Morgan fingerprint density at radius 3 is 2.59 bits per heavy atom. The number of nitro groups is 1. The standard InChI is InChI=1S/C20H17ClN4O4/c21-15-4-2-5-16(12-15)24-19(14-3-1-6-17(11-14)25(27)28)13-18(22-24)20(26)23-7-9-29-10-8-23/h1-6,11-13H,7-10H2. The molecule has 1 aliphatic rings. The number of halogens is 1. The molecule has 9 heteroatoms. The van der Waals surface area contributed by atoms with Gasteiger partial charge in [0.1, 0.15) is 0 Å². The first kappa shape index (κ1) is 19.1. The van der Waals surface area contributed by atoms with Crippen molar-refractivity contribution in [2.45, 2.75) is 0 Å². The minimum Gasteiger partial charge on any atom is -0.378 e. The van der Waals surface area contributed by atoms with E-state index in [0.29, 0.717) is 48.3 Å². The summed E-state index contributed by atoms with van der Waals surface area (Å²) in [6, 6.07) is 14.9. The highest BCUT2D eigenvalue weighted by Crippen LogP contribution is 2.28. The summed E-state index contributed by atoms with van der Waals surface area (Å²) >= 11 is 6.13. The average Bonchev–Trinajstić information content (AvgIpc) is 3.19. The molecule has 1 amide bonds. The minimum absolute atomic E-state index is 0.0394. The summed E-state index contributed by atoms with van der Waals surface area (Å²) in [5.74, 6) is -0.208. The average molecular weight is 413 g/mol. The lowest BCUT2D eigenvalue weighted by Gasteiger charge is -2.25. The molecular weight excluding hydrogens is 396 g/mol. The maximum Gasteiger partial charge on any atom is 0.274 e. The fourth-order valence-electron chi connectivity index (χ4n) is 3.20. The Kier molecular flexibility index (Phi) is 5.28. The van der Waals surface area contributed by atoms with Crippen molar-refractivity contribution >= 4 is 23.2 Å². The van der Waals surface area contributed by atoms with Crippen LogP contribution in [-0.2, 0) is 4.74 Å². The number of rotatable bonds is 4. The summed E-state index contributed by atoms with van der Waals surface area (Å²) in [7, 11) is 0. The van der Waals surface area contributed by atoms with Crippen LogP contribution >= 0.6 is 11.6 Å². The summed E-state index contributed by atoms with van der Waals surface area (Å²) in [5, 5.41) is 16.2. The molecule has 2 heterocycles. The van der Waals surface area contributed by atoms with Gasteiger partial charge in [0.05, 0.1) is 29.5 Å². The van der Waals surface area contributed by atoms with Crippen molar-refractivity contribution in [3.63, 3.8) is 0 Å². The molecule has 1 saturated heterocycles. The molecule has 0 radical (unpaired) electrons. The SMILES string of the molecule is O=C(c1cc(-c2cccc([N+](=O)[O-])c2)n(-c2cccc(Cl)c2)n1)N1CCOCC1. The Labute approximate surface area is 171 Å². The van der Waals surface area contributed by atoms with Gasteiger partial charge in [0, 0.05) is 35.8 Å². The maximum atomic E-state index is 12.9. The van der Waals surface area contributed by atoms with Gasteiger partial charge in [0.2, 0.25) is 0 Å². The fraction of sp³-hybridized carbons (Fsp3) is 0.200. The van der Waals surface area contributed by atoms with Crippen molar-refractivity contribution in [3.8, 4) is 16.9 Å². The van der Waals surface area contributed by atoms with Crippen LogP contribution in [-0.4, -0.2) is 51.8 Å². The van der Waals surface area contributed by atoms with E-state index in [-0.39, 0.29) is 17.3 Å². The first-order valence-electron chi connectivity index (χ1n) is 9.01. The molecule has 0 spiro atoms. The lowest BCUT2D eigenvalue weighted by molar-refractivity contribution is -0.384. The molecule has 0 unspecified atom stereocenters. The highest BCUT2D eigenvalue weighted by Gasteiger charge is 2.24. The smallest absolute Gasteiger partial charge is 0.274 e. The van der Waals surface area contributed by atoms with Crippen molar-refractivity contribution in [2.75, 3.05) is 26.3 Å². The Bertz CT molecular complexity index is 1080. The van der Waals surface area contributed by atoms with Crippen molar-refractivity contribution in [3.05, 3.63) is 75.4 Å². The number of carbonyl (C=O) groups is 1. The number of nitro benzene ring substituents is 1. The van der Waals surface area contributed by atoms with Crippen LogP contribution in [0.1, 0.15) is 10.5 Å². The molecule has 1 aliphatic heterocycles. The molecule has 8 nitrogen and oxygen atoms in total. The van der Waals surface area contributed by atoms with Crippen molar-refractivity contribution < 1.29 is 14.5 Å². The number of benzene rings is 2. The Morgan fingerprint density at radius 2 is 1.86 bits per heavy atom. The zero-order chi connectivity index (χ0) is 20.4. The molecule has 4 rings (SSSR count). The highest BCUT2D eigenvalue weighted by atomic mass is 35.5. The summed E-state index contributed by atoms with van der Waals surface area (Å²) in [4.78, 5) is 25.4. The molecule has 29 heavy (non-hydrogen) atoms. The molecule has 0 bridgehead atoms. The van der Waals surface area contributed by atoms with Crippen molar-refractivity contribution in [2.24, 2.45) is 0 Å². The number of hydrogen-bond donors (Lipinski definition) is 0. The monoisotopic (exact) mass is 412 g/mol. The van der Waals surface area contributed by atoms with Crippen LogP contribution in [0.4, 0.5) is 5.69 Å². The Hall–Kier alpha value is -3.23. The van der Waals surface area contributed by atoms with Gasteiger partial charge in [-0.05, 0) is 24.3 Å². The summed E-state index contributed by atoms with van der Waals surface area (Å²) < 4.78 is 6.89. The molecule has 0 atom stereocenters.